The number of hydrogen-bond donors (Lipinski definition) is 0. The van der Waals surface area contributed by atoms with Gasteiger partial charge in [0.2, 0.25) is 0 Å². The summed E-state index contributed by atoms with van der Waals surface area (Å²) in [6.07, 6.45) is 10.9. The van der Waals surface area contributed by atoms with Gasteiger partial charge in [-0.05, 0) is 68.7 Å². The van der Waals surface area contributed by atoms with Gasteiger partial charge in [-0.2, -0.15) is 0 Å². The molecule has 182 valence electrons. The van der Waals surface area contributed by atoms with Crippen LogP contribution in [0.5, 0.6) is 0 Å². The Bertz CT molecular complexity index is 881. The molecule has 2 rings (SSSR count). The summed E-state index contributed by atoms with van der Waals surface area (Å²) in [5.74, 6) is 3.86. The molecule has 0 aromatic heterocycles. The van der Waals surface area contributed by atoms with E-state index in [1.54, 1.807) is 7.11 Å². The van der Waals surface area contributed by atoms with Gasteiger partial charge in [0.25, 0.3) is 0 Å². The highest BCUT2D eigenvalue weighted by Gasteiger charge is 2.41. The van der Waals surface area contributed by atoms with E-state index in [2.05, 4.69) is 106 Å². The number of hydrogen-bond acceptors (Lipinski definition) is 2. The molecule has 3 heteroatoms. The number of ether oxygens (including phenoxy) is 1. The van der Waals surface area contributed by atoms with Crippen molar-refractivity contribution in [3.63, 3.8) is 0 Å². The van der Waals surface area contributed by atoms with Gasteiger partial charge in [-0.15, -0.1) is 6.58 Å². The van der Waals surface area contributed by atoms with Gasteiger partial charge in [-0.25, -0.2) is 0 Å². The van der Waals surface area contributed by atoms with Crippen LogP contribution in [0.1, 0.15) is 59.3 Å². The molecule has 1 unspecified atom stereocenters. The smallest absolute Gasteiger partial charge is 0.337 e. The van der Waals surface area contributed by atoms with E-state index in [-0.39, 0.29) is 6.10 Å². The van der Waals surface area contributed by atoms with Crippen LogP contribution >= 0.6 is 0 Å². The lowest BCUT2D eigenvalue weighted by Crippen LogP contribution is -2.62. The van der Waals surface area contributed by atoms with Gasteiger partial charge in [0.05, 0.1) is 0 Å². The van der Waals surface area contributed by atoms with Crippen LogP contribution in [-0.4, -0.2) is 28.1 Å². The standard InChI is InChI=1S/C31H42O2Si/c1-6-7-10-19-29(26-28(4)18-15-17-27(2)3)33-34(25-16-24-32-5,30-20-11-8-12-21-30)31-22-13-9-14-23-31/h6,8-9,11-14,17,20-23,28-29H,1,7,10,15,18-19,24,26H2,2-5H3/t28-,29?/m1/s1. The quantitative estimate of drug-likeness (QED) is 0.136. The Morgan fingerprint density at radius 3 is 2.12 bits per heavy atom. The second-order valence-electron chi connectivity index (χ2n) is 9.31. The first-order chi connectivity index (χ1) is 16.5. The van der Waals surface area contributed by atoms with Crippen molar-refractivity contribution < 1.29 is 9.16 Å². The number of benzene rings is 2. The molecule has 0 fully saturated rings. The highest BCUT2D eigenvalue weighted by atomic mass is 28.4. The van der Waals surface area contributed by atoms with Crippen LogP contribution in [0.15, 0.2) is 85.0 Å². The Balaban J connectivity index is 2.45. The third-order valence-electron chi connectivity index (χ3n) is 6.00. The van der Waals surface area contributed by atoms with Gasteiger partial charge in [-0.3, -0.25) is 0 Å². The summed E-state index contributed by atoms with van der Waals surface area (Å²) in [4.78, 5) is 0. The molecule has 0 aliphatic rings. The zero-order valence-corrected chi connectivity index (χ0v) is 22.6. The molecular weight excluding hydrogens is 432 g/mol. The number of allylic oxidation sites excluding steroid dienone is 3. The Labute approximate surface area is 209 Å². The molecule has 0 radical (unpaired) electrons. The fraction of sp³-hybridized carbons (Fsp3) is 0.419. The van der Waals surface area contributed by atoms with Crippen LogP contribution in [0, 0.1) is 17.4 Å². The monoisotopic (exact) mass is 474 g/mol. The molecule has 0 heterocycles. The topological polar surface area (TPSA) is 18.5 Å². The summed E-state index contributed by atoms with van der Waals surface area (Å²) in [5, 5.41) is 2.38. The largest absolute Gasteiger partial charge is 0.396 e. The maximum absolute atomic E-state index is 7.26. The molecule has 0 saturated heterocycles. The van der Waals surface area contributed by atoms with Crippen molar-refractivity contribution in [3.8, 4) is 11.5 Å². The van der Waals surface area contributed by atoms with E-state index >= 15 is 0 Å². The molecule has 0 aliphatic heterocycles. The molecule has 2 aromatic rings. The van der Waals surface area contributed by atoms with Crippen LogP contribution in [-0.2, 0) is 9.16 Å². The molecule has 2 aromatic carbocycles. The minimum atomic E-state index is -2.80. The molecule has 34 heavy (non-hydrogen) atoms. The first kappa shape index (κ1) is 27.9. The minimum absolute atomic E-state index is 0.144. The lowest BCUT2D eigenvalue weighted by atomic mass is 9.95. The second-order valence-corrected chi connectivity index (χ2v) is 12.3. The van der Waals surface area contributed by atoms with Gasteiger partial charge >= 0.3 is 8.32 Å². The fourth-order valence-corrected chi connectivity index (χ4v) is 7.55. The molecule has 0 saturated carbocycles. The first-order valence-corrected chi connectivity index (χ1v) is 14.4. The van der Waals surface area contributed by atoms with Crippen molar-refractivity contribution in [2.24, 2.45) is 5.92 Å². The number of rotatable bonds is 14. The van der Waals surface area contributed by atoms with Gasteiger partial charge in [0.15, 0.2) is 0 Å². The molecule has 0 N–H and O–H groups in total. The lowest BCUT2D eigenvalue weighted by Gasteiger charge is -2.33. The van der Waals surface area contributed by atoms with Crippen LogP contribution in [0.2, 0.25) is 0 Å². The van der Waals surface area contributed by atoms with Gasteiger partial charge in [0, 0.05) is 13.2 Å². The molecule has 0 amide bonds. The summed E-state index contributed by atoms with van der Waals surface area (Å²) in [5.41, 5.74) is 5.02. The summed E-state index contributed by atoms with van der Waals surface area (Å²) in [7, 11) is -1.11. The van der Waals surface area contributed by atoms with Crippen molar-refractivity contribution in [1.82, 2.24) is 0 Å². The molecule has 0 aliphatic carbocycles. The van der Waals surface area contributed by atoms with Crippen LogP contribution in [0.4, 0.5) is 0 Å². The van der Waals surface area contributed by atoms with E-state index in [1.165, 1.54) is 22.4 Å². The highest BCUT2D eigenvalue weighted by molar-refractivity contribution is 7.03. The zero-order chi connectivity index (χ0) is 24.7. The van der Waals surface area contributed by atoms with Crippen LogP contribution < -0.4 is 10.4 Å². The van der Waals surface area contributed by atoms with Crippen LogP contribution in [0.3, 0.4) is 0 Å². The minimum Gasteiger partial charge on any atom is -0.396 e. The Hall–Kier alpha value is -2.38. The molecule has 0 bridgehead atoms. The average molecular weight is 475 g/mol. The molecule has 2 nitrogen and oxygen atoms in total. The van der Waals surface area contributed by atoms with Crippen molar-refractivity contribution in [1.29, 1.82) is 0 Å². The number of methoxy groups -OCH3 is 1. The van der Waals surface area contributed by atoms with Gasteiger partial charge in [-0.1, -0.05) is 96.8 Å². The average Bonchev–Trinajstić information content (AvgIpc) is 2.84. The molecule has 2 atom stereocenters. The molecular formula is C31H42O2Si. The predicted octanol–water partition coefficient (Wildman–Crippen LogP) is 6.45. The number of unbranched alkanes of at least 4 members (excludes halogenated alkanes) is 1. The summed E-state index contributed by atoms with van der Waals surface area (Å²) >= 11 is 0. The van der Waals surface area contributed by atoms with E-state index in [1.807, 2.05) is 6.08 Å². The van der Waals surface area contributed by atoms with E-state index < -0.39 is 8.32 Å². The summed E-state index contributed by atoms with van der Waals surface area (Å²) in [6, 6.07) is 21.2. The normalized spacial score (nSPS) is 12.8. The molecule has 0 spiro atoms. The van der Waals surface area contributed by atoms with Gasteiger partial charge in [0.1, 0.15) is 6.61 Å². The van der Waals surface area contributed by atoms with E-state index in [0.29, 0.717) is 12.5 Å². The fourth-order valence-electron chi connectivity index (χ4n) is 4.24. The SMILES string of the molecule is C=CCCCC(C[C@H](C)CCC=C(C)C)O[Si](C#CCOC)(c1ccccc1)c1ccccc1. The predicted molar refractivity (Wildman–Crippen MR) is 149 cm³/mol. The maximum atomic E-state index is 7.26. The van der Waals surface area contributed by atoms with Crippen LogP contribution in [0.25, 0.3) is 0 Å². The third-order valence-corrected chi connectivity index (χ3v) is 9.51. The van der Waals surface area contributed by atoms with E-state index in [0.717, 1.165) is 32.1 Å². The summed E-state index contributed by atoms with van der Waals surface area (Å²) < 4.78 is 12.6. The Kier molecular flexibility index (Phi) is 12.7. The van der Waals surface area contributed by atoms with Crippen molar-refractivity contribution in [2.75, 3.05) is 13.7 Å². The summed E-state index contributed by atoms with van der Waals surface area (Å²) in [6.45, 7) is 11.0. The lowest BCUT2D eigenvalue weighted by molar-refractivity contribution is 0.157. The maximum Gasteiger partial charge on any atom is 0.337 e. The Morgan fingerprint density at radius 2 is 1.59 bits per heavy atom. The third kappa shape index (κ3) is 9.10. The van der Waals surface area contributed by atoms with E-state index in [9.17, 15) is 0 Å². The van der Waals surface area contributed by atoms with Gasteiger partial charge < -0.3 is 9.16 Å². The van der Waals surface area contributed by atoms with Crippen molar-refractivity contribution in [3.05, 3.63) is 85.0 Å². The highest BCUT2D eigenvalue weighted by Crippen LogP contribution is 2.23. The first-order valence-electron chi connectivity index (χ1n) is 12.5. The zero-order valence-electron chi connectivity index (χ0n) is 21.6. The Morgan fingerprint density at radius 1 is 0.971 bits per heavy atom. The second kappa shape index (κ2) is 15.5. The van der Waals surface area contributed by atoms with Crippen molar-refractivity contribution in [2.45, 2.75) is 65.4 Å². The van der Waals surface area contributed by atoms with Crippen molar-refractivity contribution >= 4 is 18.7 Å². The van der Waals surface area contributed by atoms with E-state index in [4.69, 9.17) is 9.16 Å².